The van der Waals surface area contributed by atoms with Crippen molar-refractivity contribution in [2.45, 2.75) is 13.3 Å². The standard InChI is InChI=1S/C11H10O4/c1-2-8-4-6-3-7(12)5-9(11(13)14)10(6)15-8/h3-5,12H,2H2,1H3,(H,13,14). The largest absolute Gasteiger partial charge is 0.508 e. The van der Waals surface area contributed by atoms with Gasteiger partial charge in [-0.1, -0.05) is 6.92 Å². The van der Waals surface area contributed by atoms with Gasteiger partial charge in [0.05, 0.1) is 0 Å². The average Bonchev–Trinajstić information content (AvgIpc) is 2.58. The number of carboxylic acids is 1. The van der Waals surface area contributed by atoms with Gasteiger partial charge in [-0.25, -0.2) is 4.79 Å². The minimum absolute atomic E-state index is 0.00954. The van der Waals surface area contributed by atoms with E-state index in [1.54, 1.807) is 6.07 Å². The van der Waals surface area contributed by atoms with Gasteiger partial charge in [0.15, 0.2) is 0 Å². The number of phenolic OH excluding ortho intramolecular Hbond substituents is 1. The summed E-state index contributed by atoms with van der Waals surface area (Å²) in [6, 6.07) is 4.42. The number of aryl methyl sites for hydroxylation is 1. The molecule has 1 heterocycles. The van der Waals surface area contributed by atoms with Crippen LogP contribution in [0.3, 0.4) is 0 Å². The SMILES string of the molecule is CCc1cc2cc(O)cc(C(=O)O)c2o1. The Hall–Kier alpha value is -1.97. The van der Waals surface area contributed by atoms with Crippen molar-refractivity contribution in [3.63, 3.8) is 0 Å². The molecule has 0 aliphatic carbocycles. The highest BCUT2D eigenvalue weighted by molar-refractivity contribution is 6.02. The summed E-state index contributed by atoms with van der Waals surface area (Å²) in [7, 11) is 0. The van der Waals surface area contributed by atoms with E-state index < -0.39 is 5.97 Å². The van der Waals surface area contributed by atoms with Crippen molar-refractivity contribution >= 4 is 16.9 Å². The summed E-state index contributed by atoms with van der Waals surface area (Å²) in [6.07, 6.45) is 0.689. The number of furan rings is 1. The van der Waals surface area contributed by atoms with Gasteiger partial charge in [0.2, 0.25) is 0 Å². The lowest BCUT2D eigenvalue weighted by Gasteiger charge is -1.97. The van der Waals surface area contributed by atoms with Crippen molar-refractivity contribution in [2.75, 3.05) is 0 Å². The third-order valence-corrected chi connectivity index (χ3v) is 2.23. The van der Waals surface area contributed by atoms with E-state index in [1.807, 2.05) is 6.92 Å². The highest BCUT2D eigenvalue weighted by atomic mass is 16.4. The molecule has 0 aliphatic rings. The Labute approximate surface area is 85.8 Å². The molecule has 0 saturated heterocycles. The lowest BCUT2D eigenvalue weighted by Crippen LogP contribution is -1.95. The van der Waals surface area contributed by atoms with Crippen LogP contribution < -0.4 is 0 Å². The van der Waals surface area contributed by atoms with Gasteiger partial charge in [0.25, 0.3) is 0 Å². The second-order valence-electron chi connectivity index (χ2n) is 3.28. The summed E-state index contributed by atoms with van der Waals surface area (Å²) in [5.74, 6) is -0.464. The van der Waals surface area contributed by atoms with Crippen LogP contribution in [-0.2, 0) is 6.42 Å². The molecule has 4 heteroatoms. The zero-order valence-electron chi connectivity index (χ0n) is 8.15. The molecule has 0 aliphatic heterocycles. The van der Waals surface area contributed by atoms with E-state index in [4.69, 9.17) is 9.52 Å². The third-order valence-electron chi connectivity index (χ3n) is 2.23. The van der Waals surface area contributed by atoms with Crippen molar-refractivity contribution in [1.82, 2.24) is 0 Å². The molecule has 0 spiro atoms. The van der Waals surface area contributed by atoms with Crippen molar-refractivity contribution in [1.29, 1.82) is 0 Å². The maximum atomic E-state index is 10.9. The number of hydrogen-bond acceptors (Lipinski definition) is 3. The number of aromatic carboxylic acids is 1. The van der Waals surface area contributed by atoms with E-state index >= 15 is 0 Å². The quantitative estimate of drug-likeness (QED) is 0.791. The van der Waals surface area contributed by atoms with Gasteiger partial charge in [-0.2, -0.15) is 0 Å². The maximum Gasteiger partial charge on any atom is 0.339 e. The number of benzene rings is 1. The van der Waals surface area contributed by atoms with Crippen LogP contribution in [-0.4, -0.2) is 16.2 Å². The van der Waals surface area contributed by atoms with E-state index in [9.17, 15) is 9.90 Å². The van der Waals surface area contributed by atoms with Gasteiger partial charge >= 0.3 is 5.97 Å². The van der Waals surface area contributed by atoms with Gasteiger partial charge in [0.1, 0.15) is 22.7 Å². The van der Waals surface area contributed by atoms with Crippen molar-refractivity contribution in [2.24, 2.45) is 0 Å². The molecular weight excluding hydrogens is 196 g/mol. The zero-order chi connectivity index (χ0) is 11.0. The molecule has 0 atom stereocenters. The summed E-state index contributed by atoms with van der Waals surface area (Å²) in [6.45, 7) is 1.91. The molecule has 0 radical (unpaired) electrons. The predicted octanol–water partition coefficient (Wildman–Crippen LogP) is 2.40. The van der Waals surface area contributed by atoms with Gasteiger partial charge in [0, 0.05) is 11.8 Å². The van der Waals surface area contributed by atoms with E-state index in [2.05, 4.69) is 0 Å². The molecule has 0 unspecified atom stereocenters. The number of rotatable bonds is 2. The monoisotopic (exact) mass is 206 g/mol. The molecule has 2 rings (SSSR count). The van der Waals surface area contributed by atoms with E-state index in [1.165, 1.54) is 12.1 Å². The Morgan fingerprint density at radius 2 is 2.13 bits per heavy atom. The molecule has 0 fully saturated rings. The minimum Gasteiger partial charge on any atom is -0.508 e. The summed E-state index contributed by atoms with van der Waals surface area (Å²) < 4.78 is 5.37. The van der Waals surface area contributed by atoms with Gasteiger partial charge in [-0.3, -0.25) is 0 Å². The number of hydrogen-bond donors (Lipinski definition) is 2. The fraction of sp³-hybridized carbons (Fsp3) is 0.182. The second-order valence-corrected chi connectivity index (χ2v) is 3.28. The lowest BCUT2D eigenvalue weighted by atomic mass is 10.1. The van der Waals surface area contributed by atoms with Crippen LogP contribution in [0.25, 0.3) is 11.0 Å². The Balaban J connectivity index is 2.77. The van der Waals surface area contributed by atoms with E-state index in [-0.39, 0.29) is 11.3 Å². The molecule has 2 N–H and O–H groups in total. The van der Waals surface area contributed by atoms with E-state index in [0.717, 1.165) is 0 Å². The number of carbonyl (C=O) groups is 1. The van der Waals surface area contributed by atoms with Crippen molar-refractivity contribution in [3.8, 4) is 5.75 Å². The Bertz CT molecular complexity index is 525. The molecule has 78 valence electrons. The molecule has 15 heavy (non-hydrogen) atoms. The molecule has 0 bridgehead atoms. The summed E-state index contributed by atoms with van der Waals surface area (Å²) in [5, 5.41) is 18.9. The van der Waals surface area contributed by atoms with Crippen LogP contribution in [0.4, 0.5) is 0 Å². The van der Waals surface area contributed by atoms with Crippen LogP contribution in [0.15, 0.2) is 22.6 Å². The van der Waals surface area contributed by atoms with E-state index in [0.29, 0.717) is 23.2 Å². The smallest absolute Gasteiger partial charge is 0.339 e. The fourth-order valence-electron chi connectivity index (χ4n) is 1.52. The number of carboxylic acid groups (broad SMARTS) is 1. The molecule has 0 amide bonds. The number of aromatic hydroxyl groups is 1. The maximum absolute atomic E-state index is 10.9. The Kier molecular flexibility index (Phi) is 2.11. The van der Waals surface area contributed by atoms with Crippen molar-refractivity contribution < 1.29 is 19.4 Å². The highest BCUT2D eigenvalue weighted by Crippen LogP contribution is 2.28. The summed E-state index contributed by atoms with van der Waals surface area (Å²) >= 11 is 0. The molecule has 1 aromatic heterocycles. The van der Waals surface area contributed by atoms with Crippen LogP contribution in [0.5, 0.6) is 5.75 Å². The molecule has 4 nitrogen and oxygen atoms in total. The third kappa shape index (κ3) is 1.54. The first-order valence-electron chi connectivity index (χ1n) is 4.60. The summed E-state index contributed by atoms with van der Waals surface area (Å²) in [5.41, 5.74) is 0.307. The summed E-state index contributed by atoms with van der Waals surface area (Å²) in [4.78, 5) is 10.9. The molecule has 0 saturated carbocycles. The molecular formula is C11H10O4. The fourth-order valence-corrected chi connectivity index (χ4v) is 1.52. The van der Waals surface area contributed by atoms with Gasteiger partial charge in [-0.15, -0.1) is 0 Å². The van der Waals surface area contributed by atoms with Crippen LogP contribution >= 0.6 is 0 Å². The topological polar surface area (TPSA) is 70.7 Å². The van der Waals surface area contributed by atoms with Crippen LogP contribution in [0, 0.1) is 0 Å². The van der Waals surface area contributed by atoms with Crippen LogP contribution in [0.1, 0.15) is 23.0 Å². The first-order chi connectivity index (χ1) is 7.11. The Morgan fingerprint density at radius 1 is 1.40 bits per heavy atom. The predicted molar refractivity (Wildman–Crippen MR) is 54.2 cm³/mol. The van der Waals surface area contributed by atoms with Gasteiger partial charge in [-0.05, 0) is 18.2 Å². The van der Waals surface area contributed by atoms with Crippen molar-refractivity contribution in [3.05, 3.63) is 29.5 Å². The lowest BCUT2D eigenvalue weighted by molar-refractivity contribution is 0.0697. The number of phenols is 1. The first kappa shape index (κ1) is 9.58. The molecule has 2 aromatic rings. The minimum atomic E-state index is -1.10. The van der Waals surface area contributed by atoms with Gasteiger partial charge < -0.3 is 14.6 Å². The van der Waals surface area contributed by atoms with Crippen LogP contribution in [0.2, 0.25) is 0 Å². The Morgan fingerprint density at radius 3 is 2.73 bits per heavy atom. The molecule has 1 aromatic carbocycles. The highest BCUT2D eigenvalue weighted by Gasteiger charge is 2.14. The first-order valence-corrected chi connectivity index (χ1v) is 4.60. The average molecular weight is 206 g/mol. The normalized spacial score (nSPS) is 10.7. The second kappa shape index (κ2) is 3.31. The number of fused-ring (bicyclic) bond motifs is 1. The zero-order valence-corrected chi connectivity index (χ0v) is 8.15.